The van der Waals surface area contributed by atoms with Gasteiger partial charge < -0.3 is 4.74 Å². The molecule has 0 N–H and O–H groups in total. The van der Waals surface area contributed by atoms with Crippen molar-refractivity contribution in [3.05, 3.63) is 12.2 Å². The fraction of sp³-hybridized carbons (Fsp3) is 0.571. The van der Waals surface area contributed by atoms with Gasteiger partial charge in [-0.2, -0.15) is 0 Å². The number of hydrogen-bond acceptors (Lipinski definition) is 2. The fourth-order valence-electron chi connectivity index (χ4n) is 0.470. The third kappa shape index (κ3) is 5.07. The van der Waals surface area contributed by atoms with Gasteiger partial charge in [0.1, 0.15) is 0 Å². The first-order valence-corrected chi connectivity index (χ1v) is 2.99. The average Bonchev–Trinajstić information content (AvgIpc) is 1.89. The van der Waals surface area contributed by atoms with E-state index in [-0.39, 0.29) is 5.97 Å². The highest BCUT2D eigenvalue weighted by atomic mass is 16.5. The number of rotatable bonds is 3. The van der Waals surface area contributed by atoms with E-state index in [9.17, 15) is 4.79 Å². The van der Waals surface area contributed by atoms with Crippen LogP contribution in [0.25, 0.3) is 0 Å². The van der Waals surface area contributed by atoms with E-state index in [0.29, 0.717) is 6.42 Å². The Morgan fingerprint density at radius 2 is 2.33 bits per heavy atom. The molecule has 0 amide bonds. The van der Waals surface area contributed by atoms with E-state index in [0.717, 1.165) is 6.42 Å². The van der Waals surface area contributed by atoms with Crippen molar-refractivity contribution in [3.63, 3.8) is 0 Å². The summed E-state index contributed by atoms with van der Waals surface area (Å²) in [5.74, 6) is -0.145. The van der Waals surface area contributed by atoms with Crippen molar-refractivity contribution in [1.29, 1.82) is 0 Å². The van der Waals surface area contributed by atoms with Crippen molar-refractivity contribution in [2.24, 2.45) is 0 Å². The van der Waals surface area contributed by atoms with Crippen LogP contribution in [0.5, 0.6) is 0 Å². The summed E-state index contributed by atoms with van der Waals surface area (Å²) in [6, 6.07) is 0. The van der Waals surface area contributed by atoms with Crippen molar-refractivity contribution in [1.82, 2.24) is 0 Å². The van der Waals surface area contributed by atoms with Crippen LogP contribution in [0.3, 0.4) is 0 Å². The number of carbonyl (C=O) groups is 1. The van der Waals surface area contributed by atoms with Gasteiger partial charge in [0, 0.05) is 6.42 Å². The zero-order chi connectivity index (χ0) is 7.11. The molecule has 0 atom stereocenters. The second-order valence-corrected chi connectivity index (χ2v) is 1.68. The van der Waals surface area contributed by atoms with E-state index in [1.807, 2.05) is 19.1 Å². The lowest BCUT2D eigenvalue weighted by Crippen LogP contribution is -1.97. The molecule has 0 saturated heterocycles. The lowest BCUT2D eigenvalue weighted by atomic mass is 10.3. The van der Waals surface area contributed by atoms with Crippen molar-refractivity contribution in [2.75, 3.05) is 7.11 Å². The van der Waals surface area contributed by atoms with Crippen LogP contribution in [0.1, 0.15) is 19.8 Å². The van der Waals surface area contributed by atoms with Crippen LogP contribution in [0.4, 0.5) is 0 Å². The molecule has 0 aromatic rings. The number of carbonyl (C=O) groups excluding carboxylic acids is 1. The Morgan fingerprint density at radius 1 is 1.67 bits per heavy atom. The van der Waals surface area contributed by atoms with Gasteiger partial charge in [0.2, 0.25) is 0 Å². The molecule has 0 aromatic carbocycles. The SMILES string of the molecule is CC=CCCC(=O)OC. The maximum atomic E-state index is 10.4. The summed E-state index contributed by atoms with van der Waals surface area (Å²) >= 11 is 0. The van der Waals surface area contributed by atoms with Gasteiger partial charge in [-0.25, -0.2) is 0 Å². The fourth-order valence-corrected chi connectivity index (χ4v) is 0.470. The zero-order valence-electron chi connectivity index (χ0n) is 5.89. The number of ether oxygens (including phenoxy) is 1. The van der Waals surface area contributed by atoms with Gasteiger partial charge in [-0.3, -0.25) is 4.79 Å². The van der Waals surface area contributed by atoms with Crippen LogP contribution in [0.2, 0.25) is 0 Å². The zero-order valence-corrected chi connectivity index (χ0v) is 5.89. The molecule has 0 rings (SSSR count). The normalized spacial score (nSPS) is 10.0. The average molecular weight is 128 g/mol. The van der Waals surface area contributed by atoms with Crippen LogP contribution in [-0.4, -0.2) is 13.1 Å². The Bertz CT molecular complexity index is 105. The van der Waals surface area contributed by atoms with Crippen molar-refractivity contribution in [3.8, 4) is 0 Å². The molecule has 0 heterocycles. The minimum absolute atomic E-state index is 0.145. The molecule has 0 unspecified atom stereocenters. The summed E-state index contributed by atoms with van der Waals surface area (Å²) in [4.78, 5) is 10.4. The van der Waals surface area contributed by atoms with E-state index in [4.69, 9.17) is 0 Å². The van der Waals surface area contributed by atoms with Crippen LogP contribution < -0.4 is 0 Å². The third-order valence-electron chi connectivity index (χ3n) is 0.979. The van der Waals surface area contributed by atoms with Gasteiger partial charge in [-0.15, -0.1) is 0 Å². The smallest absolute Gasteiger partial charge is 0.305 e. The van der Waals surface area contributed by atoms with Crippen LogP contribution in [0, 0.1) is 0 Å². The quantitative estimate of drug-likeness (QED) is 0.425. The van der Waals surface area contributed by atoms with Crippen LogP contribution >= 0.6 is 0 Å². The highest BCUT2D eigenvalue weighted by Gasteiger charge is 1.94. The summed E-state index contributed by atoms with van der Waals surface area (Å²) in [6.07, 6.45) is 5.13. The van der Waals surface area contributed by atoms with Gasteiger partial charge in [0.25, 0.3) is 0 Å². The largest absolute Gasteiger partial charge is 0.469 e. The molecule has 0 aliphatic rings. The molecule has 0 saturated carbocycles. The van der Waals surface area contributed by atoms with Gasteiger partial charge >= 0.3 is 5.97 Å². The minimum Gasteiger partial charge on any atom is -0.469 e. The first-order chi connectivity index (χ1) is 4.31. The molecule has 0 bridgehead atoms. The van der Waals surface area contributed by atoms with Gasteiger partial charge in [0.05, 0.1) is 7.11 Å². The molecule has 9 heavy (non-hydrogen) atoms. The second-order valence-electron chi connectivity index (χ2n) is 1.68. The van der Waals surface area contributed by atoms with Crippen LogP contribution in [0.15, 0.2) is 12.2 Å². The predicted octanol–water partition coefficient (Wildman–Crippen LogP) is 1.52. The number of esters is 1. The molecular formula is C7H12O2. The molecule has 0 fully saturated rings. The van der Waals surface area contributed by atoms with Crippen molar-refractivity contribution < 1.29 is 9.53 Å². The van der Waals surface area contributed by atoms with E-state index in [2.05, 4.69) is 4.74 Å². The Hall–Kier alpha value is -0.790. The Labute approximate surface area is 55.5 Å². The monoisotopic (exact) mass is 128 g/mol. The number of hydrogen-bond donors (Lipinski definition) is 0. The molecular weight excluding hydrogens is 116 g/mol. The molecule has 0 spiro atoms. The van der Waals surface area contributed by atoms with Crippen LogP contribution in [-0.2, 0) is 9.53 Å². The standard InChI is InChI=1S/C7H12O2/c1-3-4-5-6-7(8)9-2/h3-4H,5-6H2,1-2H3. The summed E-state index contributed by atoms with van der Waals surface area (Å²) in [7, 11) is 1.40. The summed E-state index contributed by atoms with van der Waals surface area (Å²) in [6.45, 7) is 1.93. The topological polar surface area (TPSA) is 26.3 Å². The van der Waals surface area contributed by atoms with E-state index >= 15 is 0 Å². The minimum atomic E-state index is -0.145. The van der Waals surface area contributed by atoms with Gasteiger partial charge in [-0.05, 0) is 13.3 Å². The molecule has 2 heteroatoms. The maximum absolute atomic E-state index is 10.4. The molecule has 0 radical (unpaired) electrons. The highest BCUT2D eigenvalue weighted by molar-refractivity contribution is 5.69. The predicted molar refractivity (Wildman–Crippen MR) is 36.1 cm³/mol. The Balaban J connectivity index is 3.17. The van der Waals surface area contributed by atoms with Gasteiger partial charge in [-0.1, -0.05) is 12.2 Å². The van der Waals surface area contributed by atoms with Crippen molar-refractivity contribution in [2.45, 2.75) is 19.8 Å². The third-order valence-corrected chi connectivity index (χ3v) is 0.979. The lowest BCUT2D eigenvalue weighted by molar-refractivity contribution is -0.140. The Morgan fingerprint density at radius 3 is 2.78 bits per heavy atom. The molecule has 2 nitrogen and oxygen atoms in total. The molecule has 0 aromatic heterocycles. The summed E-state index contributed by atoms with van der Waals surface area (Å²) < 4.78 is 4.42. The first-order valence-electron chi connectivity index (χ1n) is 2.99. The summed E-state index contributed by atoms with van der Waals surface area (Å²) in [5, 5.41) is 0. The maximum Gasteiger partial charge on any atom is 0.305 e. The molecule has 52 valence electrons. The van der Waals surface area contributed by atoms with Crippen molar-refractivity contribution >= 4 is 5.97 Å². The molecule has 0 aliphatic carbocycles. The van der Waals surface area contributed by atoms with E-state index in [1.165, 1.54) is 7.11 Å². The van der Waals surface area contributed by atoms with Gasteiger partial charge in [0.15, 0.2) is 0 Å². The summed E-state index contributed by atoms with van der Waals surface area (Å²) in [5.41, 5.74) is 0. The van der Waals surface area contributed by atoms with E-state index < -0.39 is 0 Å². The number of allylic oxidation sites excluding steroid dienone is 2. The Kier molecular flexibility index (Phi) is 4.88. The highest BCUT2D eigenvalue weighted by Crippen LogP contribution is 1.91. The lowest BCUT2D eigenvalue weighted by Gasteiger charge is -1.92. The molecule has 0 aliphatic heterocycles. The van der Waals surface area contributed by atoms with E-state index in [1.54, 1.807) is 0 Å². The first kappa shape index (κ1) is 8.21. The number of methoxy groups -OCH3 is 1. The second kappa shape index (κ2) is 5.35.